The summed E-state index contributed by atoms with van der Waals surface area (Å²) in [5.41, 5.74) is -1.37. The molecule has 3 saturated carbocycles. The first-order chi connectivity index (χ1) is 16.6. The highest BCUT2D eigenvalue weighted by atomic mass is 16.5. The van der Waals surface area contributed by atoms with Crippen molar-refractivity contribution in [1.29, 1.82) is 0 Å². The van der Waals surface area contributed by atoms with Gasteiger partial charge in [-0.15, -0.1) is 0 Å². The fourth-order valence-electron chi connectivity index (χ4n) is 8.36. The molecule has 0 aliphatic heterocycles. The lowest BCUT2D eigenvalue weighted by Crippen LogP contribution is -2.62. The molecule has 0 saturated heterocycles. The number of aliphatic hydroxyl groups is 2. The molecule has 35 heavy (non-hydrogen) atoms. The molecule has 4 aliphatic carbocycles. The molecule has 4 rings (SSSR count). The van der Waals surface area contributed by atoms with Crippen molar-refractivity contribution in [2.24, 2.45) is 28.6 Å². The number of hydrogen-bond acceptors (Lipinski definition) is 6. The molecule has 0 amide bonds. The van der Waals surface area contributed by atoms with Crippen molar-refractivity contribution in [2.75, 3.05) is 6.61 Å². The molecule has 0 heterocycles. The summed E-state index contributed by atoms with van der Waals surface area (Å²) in [5.74, 6) is -0.271. The number of hydrogen-bond donors (Lipinski definition) is 2. The number of fused-ring (bicyclic) bond motifs is 5. The summed E-state index contributed by atoms with van der Waals surface area (Å²) in [4.78, 5) is 37.5. The van der Waals surface area contributed by atoms with Crippen LogP contribution in [0.4, 0.5) is 0 Å². The molecule has 0 aromatic carbocycles. The van der Waals surface area contributed by atoms with Gasteiger partial charge in [-0.05, 0) is 74.2 Å². The molecular weight excluding hydrogens is 444 g/mol. The summed E-state index contributed by atoms with van der Waals surface area (Å²) < 4.78 is 5.29. The van der Waals surface area contributed by atoms with Crippen LogP contribution in [-0.4, -0.2) is 46.1 Å². The third-order valence-corrected chi connectivity index (χ3v) is 10.4. The Labute approximate surface area is 209 Å². The molecule has 4 aliphatic rings. The number of carbonyl (C=O) groups excluding carboxylic acids is 3. The van der Waals surface area contributed by atoms with Gasteiger partial charge in [-0.3, -0.25) is 14.4 Å². The SMILES string of the molecule is CCCCCCCC(=O)OCC(=O)[C@@]1(O)CC[C@H]2[C@@H]3CCC4=CC(=O)CC[C@]4(C)C3[C@@H](O)C[C@@]21C. The van der Waals surface area contributed by atoms with E-state index in [0.717, 1.165) is 57.8 Å². The van der Waals surface area contributed by atoms with Gasteiger partial charge in [-0.1, -0.05) is 52.0 Å². The number of carbonyl (C=O) groups is 3. The fraction of sp³-hybridized carbons (Fsp3) is 0.828. The number of aliphatic hydroxyl groups excluding tert-OH is 1. The second-order valence-corrected chi connectivity index (χ2v) is 12.2. The van der Waals surface area contributed by atoms with Gasteiger partial charge in [0.1, 0.15) is 5.60 Å². The Kier molecular flexibility index (Phi) is 7.64. The smallest absolute Gasteiger partial charge is 0.306 e. The quantitative estimate of drug-likeness (QED) is 0.361. The predicted molar refractivity (Wildman–Crippen MR) is 132 cm³/mol. The standard InChI is InChI=1S/C29H44O6/c1-4-5-6-7-8-9-25(33)35-18-24(32)29(34)15-13-22-21-11-10-19-16-20(30)12-14-27(19,2)26(21)23(31)17-28(22,29)3/h16,21-23,26,31,34H,4-15,17-18H2,1-3H3/t21-,22-,23-,26?,27-,28-,29-/m0/s1. The fourth-order valence-corrected chi connectivity index (χ4v) is 8.36. The van der Waals surface area contributed by atoms with Gasteiger partial charge in [0.2, 0.25) is 5.78 Å². The molecule has 6 heteroatoms. The topological polar surface area (TPSA) is 101 Å². The monoisotopic (exact) mass is 488 g/mol. The van der Waals surface area contributed by atoms with Crippen molar-refractivity contribution in [3.05, 3.63) is 11.6 Å². The minimum Gasteiger partial charge on any atom is -0.458 e. The first-order valence-corrected chi connectivity index (χ1v) is 13.9. The molecular formula is C29H44O6. The first-order valence-electron chi connectivity index (χ1n) is 13.9. The van der Waals surface area contributed by atoms with Gasteiger partial charge >= 0.3 is 5.97 Å². The number of unbranched alkanes of at least 4 members (excludes halogenated alkanes) is 4. The normalized spacial score (nSPS) is 40.4. The summed E-state index contributed by atoms with van der Waals surface area (Å²) in [6, 6.07) is 0. The summed E-state index contributed by atoms with van der Waals surface area (Å²) >= 11 is 0. The van der Waals surface area contributed by atoms with Gasteiger partial charge < -0.3 is 14.9 Å². The molecule has 1 unspecified atom stereocenters. The summed E-state index contributed by atoms with van der Waals surface area (Å²) in [5, 5.41) is 23.2. The number of esters is 1. The predicted octanol–water partition coefficient (Wildman–Crippen LogP) is 4.69. The molecule has 6 nitrogen and oxygen atoms in total. The van der Waals surface area contributed by atoms with Gasteiger partial charge in [0.15, 0.2) is 12.4 Å². The van der Waals surface area contributed by atoms with Crippen molar-refractivity contribution in [3.8, 4) is 0 Å². The molecule has 0 spiro atoms. The van der Waals surface area contributed by atoms with E-state index in [1.54, 1.807) is 0 Å². The van der Waals surface area contributed by atoms with Crippen LogP contribution in [0.3, 0.4) is 0 Å². The average Bonchev–Trinajstić information content (AvgIpc) is 3.08. The zero-order valence-electron chi connectivity index (χ0n) is 21.8. The lowest BCUT2D eigenvalue weighted by Gasteiger charge is -2.60. The maximum Gasteiger partial charge on any atom is 0.306 e. The Balaban J connectivity index is 1.43. The maximum atomic E-state index is 13.3. The van der Waals surface area contributed by atoms with Gasteiger partial charge in [0.25, 0.3) is 0 Å². The third-order valence-electron chi connectivity index (χ3n) is 10.4. The van der Waals surface area contributed by atoms with E-state index >= 15 is 0 Å². The van der Waals surface area contributed by atoms with Crippen molar-refractivity contribution >= 4 is 17.5 Å². The Hall–Kier alpha value is -1.53. The summed E-state index contributed by atoms with van der Waals surface area (Å²) in [6.07, 6.45) is 11.0. The van der Waals surface area contributed by atoms with E-state index in [4.69, 9.17) is 4.74 Å². The van der Waals surface area contributed by atoms with Crippen LogP contribution in [-0.2, 0) is 19.1 Å². The van der Waals surface area contributed by atoms with Crippen LogP contribution in [0.1, 0.15) is 104 Å². The second kappa shape index (κ2) is 10.1. The third kappa shape index (κ3) is 4.54. The lowest BCUT2D eigenvalue weighted by atomic mass is 9.45. The molecule has 0 aromatic rings. The number of rotatable bonds is 9. The largest absolute Gasteiger partial charge is 0.458 e. The number of ether oxygens (including phenoxy) is 1. The van der Waals surface area contributed by atoms with Gasteiger partial charge in [-0.2, -0.15) is 0 Å². The van der Waals surface area contributed by atoms with Crippen molar-refractivity contribution < 1.29 is 29.3 Å². The highest BCUT2D eigenvalue weighted by Gasteiger charge is 2.68. The second-order valence-electron chi connectivity index (χ2n) is 12.2. The van der Waals surface area contributed by atoms with Crippen molar-refractivity contribution in [2.45, 2.75) is 116 Å². The van der Waals surface area contributed by atoms with E-state index in [1.165, 1.54) is 5.57 Å². The van der Waals surface area contributed by atoms with Crippen LogP contribution in [0.15, 0.2) is 11.6 Å². The van der Waals surface area contributed by atoms with Gasteiger partial charge in [-0.25, -0.2) is 0 Å². The minimum absolute atomic E-state index is 0.0386. The van der Waals surface area contributed by atoms with Crippen LogP contribution < -0.4 is 0 Å². The summed E-state index contributed by atoms with van der Waals surface area (Å²) in [7, 11) is 0. The molecule has 0 radical (unpaired) electrons. The van der Waals surface area contributed by atoms with E-state index in [-0.39, 0.29) is 34.9 Å². The Morgan fingerprint density at radius 2 is 1.83 bits per heavy atom. The molecule has 0 bridgehead atoms. The Morgan fingerprint density at radius 1 is 1.09 bits per heavy atom. The number of Topliss-reactive ketones (excluding diaryl/α,β-unsaturated/α-hetero) is 1. The van der Waals surface area contributed by atoms with Crippen molar-refractivity contribution in [1.82, 2.24) is 0 Å². The Morgan fingerprint density at radius 3 is 2.57 bits per heavy atom. The lowest BCUT2D eigenvalue weighted by molar-refractivity contribution is -0.184. The van der Waals surface area contributed by atoms with Crippen LogP contribution in [0.2, 0.25) is 0 Å². The van der Waals surface area contributed by atoms with E-state index < -0.39 is 29.5 Å². The molecule has 0 aromatic heterocycles. The van der Waals surface area contributed by atoms with Crippen LogP contribution in [0.25, 0.3) is 0 Å². The van der Waals surface area contributed by atoms with E-state index in [2.05, 4.69) is 13.8 Å². The van der Waals surface area contributed by atoms with Crippen LogP contribution in [0, 0.1) is 28.6 Å². The summed E-state index contributed by atoms with van der Waals surface area (Å²) in [6.45, 7) is 5.90. The number of allylic oxidation sites excluding steroid dienone is 1. The van der Waals surface area contributed by atoms with E-state index in [1.807, 2.05) is 13.0 Å². The highest BCUT2D eigenvalue weighted by molar-refractivity contribution is 5.92. The molecule has 196 valence electrons. The Bertz CT molecular complexity index is 878. The maximum absolute atomic E-state index is 13.3. The average molecular weight is 489 g/mol. The minimum atomic E-state index is -1.59. The van der Waals surface area contributed by atoms with Gasteiger partial charge in [0.05, 0.1) is 6.10 Å². The van der Waals surface area contributed by atoms with Crippen molar-refractivity contribution in [3.63, 3.8) is 0 Å². The van der Waals surface area contributed by atoms with Gasteiger partial charge in [0, 0.05) is 18.3 Å². The van der Waals surface area contributed by atoms with Crippen LogP contribution in [0.5, 0.6) is 0 Å². The van der Waals surface area contributed by atoms with E-state index in [9.17, 15) is 24.6 Å². The zero-order valence-corrected chi connectivity index (χ0v) is 21.8. The molecule has 7 atom stereocenters. The zero-order chi connectivity index (χ0) is 25.4. The molecule has 3 fully saturated rings. The highest BCUT2D eigenvalue weighted by Crippen LogP contribution is 2.67. The number of ketones is 2. The first kappa shape index (κ1) is 26.5. The van der Waals surface area contributed by atoms with Crippen LogP contribution >= 0.6 is 0 Å². The van der Waals surface area contributed by atoms with E-state index in [0.29, 0.717) is 25.7 Å². The molecule has 2 N–H and O–H groups in total.